The van der Waals surface area contributed by atoms with Crippen LogP contribution in [0.5, 0.6) is 5.75 Å². The van der Waals surface area contributed by atoms with Gasteiger partial charge in [0.15, 0.2) is 0 Å². The number of carbonyl (C=O) groups excluding carboxylic acids is 1. The Morgan fingerprint density at radius 1 is 1.11 bits per heavy atom. The lowest BCUT2D eigenvalue weighted by Gasteiger charge is -2.28. The van der Waals surface area contributed by atoms with Crippen molar-refractivity contribution >= 4 is 16.0 Å². The highest BCUT2D eigenvalue weighted by atomic mass is 32.2. The van der Waals surface area contributed by atoms with Crippen LogP contribution in [0.1, 0.15) is 66.9 Å². The van der Waals surface area contributed by atoms with Crippen molar-refractivity contribution in [2.45, 2.75) is 67.9 Å². The Labute approximate surface area is 171 Å². The number of rotatable bonds is 10. The molecule has 6 heteroatoms. The van der Waals surface area contributed by atoms with E-state index in [0.29, 0.717) is 37.1 Å². The van der Waals surface area contributed by atoms with Gasteiger partial charge in [0.1, 0.15) is 5.75 Å². The van der Waals surface area contributed by atoms with Gasteiger partial charge in [-0.25, -0.2) is 0 Å². The average molecular weight is 412 g/mol. The molecular formula is C22H37NO4S. The quantitative estimate of drug-likeness (QED) is 0.516. The van der Waals surface area contributed by atoms with Gasteiger partial charge in [-0.2, -0.15) is 8.42 Å². The van der Waals surface area contributed by atoms with Crippen molar-refractivity contribution in [3.8, 4) is 5.75 Å². The summed E-state index contributed by atoms with van der Waals surface area (Å²) in [6, 6.07) is 6.92. The van der Waals surface area contributed by atoms with Gasteiger partial charge in [-0.3, -0.25) is 4.79 Å². The van der Waals surface area contributed by atoms with Gasteiger partial charge < -0.3 is 9.08 Å². The van der Waals surface area contributed by atoms with E-state index in [-0.39, 0.29) is 17.1 Å². The van der Waals surface area contributed by atoms with E-state index in [2.05, 4.69) is 41.5 Å². The first-order chi connectivity index (χ1) is 12.8. The van der Waals surface area contributed by atoms with Crippen LogP contribution >= 0.6 is 0 Å². The van der Waals surface area contributed by atoms with Gasteiger partial charge in [0.25, 0.3) is 0 Å². The first kappa shape index (κ1) is 24.5. The normalized spacial score (nSPS) is 13.4. The van der Waals surface area contributed by atoms with E-state index < -0.39 is 10.1 Å². The maximum atomic E-state index is 12.9. The molecule has 0 aliphatic heterocycles. The van der Waals surface area contributed by atoms with Crippen molar-refractivity contribution in [3.63, 3.8) is 0 Å². The number of nitrogens with zero attached hydrogens (tertiary/aromatic N) is 1. The standard InChI is InChI=1S/C22H37NO4S/c1-8-28(25,26)27-20-11-9-19(10-12-20)16-23(15-17(2)3)21(24)13-18(4)14-22(5,6)7/h9-12,17-18H,8,13-16H2,1-7H3/t18-/m0/s1. The number of hydrogen-bond donors (Lipinski definition) is 0. The third kappa shape index (κ3) is 9.58. The van der Waals surface area contributed by atoms with Crippen LogP contribution < -0.4 is 4.18 Å². The zero-order chi connectivity index (χ0) is 21.5. The minimum absolute atomic E-state index is 0.0713. The van der Waals surface area contributed by atoms with Crippen molar-refractivity contribution in [1.29, 1.82) is 0 Å². The van der Waals surface area contributed by atoms with Gasteiger partial charge in [0.2, 0.25) is 5.91 Å². The average Bonchev–Trinajstić information content (AvgIpc) is 2.53. The van der Waals surface area contributed by atoms with E-state index in [4.69, 9.17) is 4.18 Å². The second-order valence-corrected chi connectivity index (χ2v) is 11.2. The summed E-state index contributed by atoms with van der Waals surface area (Å²) in [7, 11) is -3.53. The molecule has 0 saturated heterocycles. The van der Waals surface area contributed by atoms with Crippen LogP contribution in [0.4, 0.5) is 0 Å². The Morgan fingerprint density at radius 2 is 1.68 bits per heavy atom. The zero-order valence-electron chi connectivity index (χ0n) is 18.5. The second kappa shape index (κ2) is 10.3. The van der Waals surface area contributed by atoms with E-state index in [1.54, 1.807) is 19.1 Å². The summed E-state index contributed by atoms with van der Waals surface area (Å²) in [5, 5.41) is 0. The Bertz CT molecular complexity index is 718. The van der Waals surface area contributed by atoms with E-state index >= 15 is 0 Å². The molecular weight excluding hydrogens is 374 g/mol. The van der Waals surface area contributed by atoms with Gasteiger partial charge in [-0.05, 0) is 48.3 Å². The fourth-order valence-electron chi connectivity index (χ4n) is 3.32. The van der Waals surface area contributed by atoms with Gasteiger partial charge >= 0.3 is 10.1 Å². The molecule has 0 saturated carbocycles. The van der Waals surface area contributed by atoms with E-state index in [1.807, 2.05) is 17.0 Å². The molecule has 0 aromatic heterocycles. The summed E-state index contributed by atoms with van der Waals surface area (Å²) in [6.45, 7) is 15.7. The third-order valence-electron chi connectivity index (χ3n) is 4.30. The highest BCUT2D eigenvalue weighted by Gasteiger charge is 2.22. The maximum Gasteiger partial charge on any atom is 0.308 e. The summed E-state index contributed by atoms with van der Waals surface area (Å²) < 4.78 is 28.2. The van der Waals surface area contributed by atoms with Crippen LogP contribution in [0.15, 0.2) is 24.3 Å². The number of carbonyl (C=O) groups is 1. The van der Waals surface area contributed by atoms with E-state index in [9.17, 15) is 13.2 Å². The maximum absolute atomic E-state index is 12.9. The summed E-state index contributed by atoms with van der Waals surface area (Å²) >= 11 is 0. The molecule has 1 atom stereocenters. The van der Waals surface area contributed by atoms with E-state index in [0.717, 1.165) is 12.0 Å². The van der Waals surface area contributed by atoms with Gasteiger partial charge in [0.05, 0.1) is 5.75 Å². The summed E-state index contributed by atoms with van der Waals surface area (Å²) in [6.07, 6.45) is 1.55. The van der Waals surface area contributed by atoms with Crippen molar-refractivity contribution in [2.75, 3.05) is 12.3 Å². The molecule has 1 aromatic carbocycles. The number of amides is 1. The Hall–Kier alpha value is -1.56. The zero-order valence-corrected chi connectivity index (χ0v) is 19.3. The molecule has 0 unspecified atom stereocenters. The fraction of sp³-hybridized carbons (Fsp3) is 0.682. The first-order valence-electron chi connectivity index (χ1n) is 10.1. The molecule has 0 radical (unpaired) electrons. The van der Waals surface area contributed by atoms with Crippen molar-refractivity contribution < 1.29 is 17.4 Å². The topological polar surface area (TPSA) is 63.7 Å². The van der Waals surface area contributed by atoms with Crippen LogP contribution in [-0.2, 0) is 21.5 Å². The van der Waals surface area contributed by atoms with Crippen molar-refractivity contribution in [1.82, 2.24) is 4.90 Å². The molecule has 1 rings (SSSR count). The third-order valence-corrected chi connectivity index (χ3v) is 5.45. The highest BCUT2D eigenvalue weighted by Crippen LogP contribution is 2.27. The van der Waals surface area contributed by atoms with E-state index in [1.165, 1.54) is 0 Å². The summed E-state index contributed by atoms with van der Waals surface area (Å²) in [5.74, 6) is 1.10. The predicted octanol–water partition coefficient (Wildman–Crippen LogP) is 4.86. The molecule has 1 aromatic rings. The Kier molecular flexibility index (Phi) is 8.99. The molecule has 0 fully saturated rings. The second-order valence-electron chi connectivity index (χ2n) is 9.32. The minimum Gasteiger partial charge on any atom is -0.382 e. The van der Waals surface area contributed by atoms with Crippen LogP contribution in [0.2, 0.25) is 0 Å². The lowest BCUT2D eigenvalue weighted by atomic mass is 9.84. The summed E-state index contributed by atoms with van der Waals surface area (Å²) in [5.41, 5.74) is 1.16. The molecule has 0 heterocycles. The molecule has 5 nitrogen and oxygen atoms in total. The van der Waals surface area contributed by atoms with Crippen LogP contribution in [0, 0.1) is 17.3 Å². The van der Waals surface area contributed by atoms with Crippen molar-refractivity contribution in [2.24, 2.45) is 17.3 Å². The SMILES string of the molecule is CCS(=O)(=O)Oc1ccc(CN(CC(C)C)C(=O)C[C@H](C)CC(C)(C)C)cc1. The largest absolute Gasteiger partial charge is 0.382 e. The molecule has 0 aliphatic rings. The number of hydrogen-bond acceptors (Lipinski definition) is 4. The Balaban J connectivity index is 2.81. The van der Waals surface area contributed by atoms with Crippen LogP contribution in [0.25, 0.3) is 0 Å². The molecule has 0 bridgehead atoms. The van der Waals surface area contributed by atoms with Gasteiger partial charge in [-0.1, -0.05) is 53.7 Å². The molecule has 0 spiro atoms. The first-order valence-corrected chi connectivity index (χ1v) is 11.7. The van der Waals surface area contributed by atoms with Crippen molar-refractivity contribution in [3.05, 3.63) is 29.8 Å². The number of benzene rings is 1. The Morgan fingerprint density at radius 3 is 2.14 bits per heavy atom. The molecule has 160 valence electrons. The molecule has 1 amide bonds. The van der Waals surface area contributed by atoms with Gasteiger partial charge in [-0.15, -0.1) is 0 Å². The highest BCUT2D eigenvalue weighted by molar-refractivity contribution is 7.87. The molecule has 0 aliphatic carbocycles. The molecule has 0 N–H and O–H groups in total. The van der Waals surface area contributed by atoms with Crippen LogP contribution in [-0.4, -0.2) is 31.5 Å². The molecule has 28 heavy (non-hydrogen) atoms. The lowest BCUT2D eigenvalue weighted by molar-refractivity contribution is -0.133. The van der Waals surface area contributed by atoms with Crippen LogP contribution in [0.3, 0.4) is 0 Å². The smallest absolute Gasteiger partial charge is 0.308 e. The van der Waals surface area contributed by atoms with Gasteiger partial charge in [0, 0.05) is 19.5 Å². The summed E-state index contributed by atoms with van der Waals surface area (Å²) in [4.78, 5) is 14.8. The monoisotopic (exact) mass is 411 g/mol. The lowest BCUT2D eigenvalue weighted by Crippen LogP contribution is -2.35. The predicted molar refractivity (Wildman–Crippen MR) is 115 cm³/mol. The minimum atomic E-state index is -3.53. The fourth-order valence-corrected chi connectivity index (χ4v) is 3.84.